The molecule has 0 aliphatic carbocycles. The van der Waals surface area contributed by atoms with E-state index in [2.05, 4.69) is 37.5 Å². The van der Waals surface area contributed by atoms with E-state index in [-0.39, 0.29) is 11.3 Å². The van der Waals surface area contributed by atoms with Crippen LogP contribution in [0.2, 0.25) is 0 Å². The first-order valence-electron chi connectivity index (χ1n) is 8.02. The van der Waals surface area contributed by atoms with Crippen molar-refractivity contribution in [3.8, 4) is 0 Å². The molecule has 0 aromatic carbocycles. The van der Waals surface area contributed by atoms with Crippen LogP contribution >= 0.6 is 11.3 Å². The van der Waals surface area contributed by atoms with Crippen LogP contribution < -0.4 is 10.6 Å². The van der Waals surface area contributed by atoms with E-state index in [0.29, 0.717) is 6.42 Å². The Morgan fingerprint density at radius 2 is 2.10 bits per heavy atom. The molecule has 1 saturated heterocycles. The number of amides is 1. The minimum atomic E-state index is 0.208. The van der Waals surface area contributed by atoms with Gasteiger partial charge in [-0.15, -0.1) is 11.3 Å². The highest BCUT2D eigenvalue weighted by atomic mass is 32.1. The van der Waals surface area contributed by atoms with Crippen molar-refractivity contribution in [2.75, 3.05) is 19.6 Å². The van der Waals surface area contributed by atoms with Gasteiger partial charge in [0.25, 0.3) is 0 Å². The van der Waals surface area contributed by atoms with Crippen molar-refractivity contribution >= 4 is 17.2 Å². The third-order valence-electron chi connectivity index (χ3n) is 4.52. The fourth-order valence-electron chi connectivity index (χ4n) is 2.98. The number of rotatable bonds is 6. The van der Waals surface area contributed by atoms with Crippen LogP contribution in [0.5, 0.6) is 0 Å². The molecule has 4 heteroatoms. The van der Waals surface area contributed by atoms with Gasteiger partial charge in [-0.1, -0.05) is 6.92 Å². The molecule has 1 amide bonds. The van der Waals surface area contributed by atoms with Gasteiger partial charge in [0.2, 0.25) is 5.91 Å². The van der Waals surface area contributed by atoms with Crippen molar-refractivity contribution < 1.29 is 4.79 Å². The molecular weight excluding hydrogens is 280 g/mol. The summed E-state index contributed by atoms with van der Waals surface area (Å²) < 4.78 is 0. The summed E-state index contributed by atoms with van der Waals surface area (Å²) >= 11 is 1.85. The maximum atomic E-state index is 12.0. The monoisotopic (exact) mass is 308 g/mol. The third-order valence-corrected chi connectivity index (χ3v) is 5.52. The summed E-state index contributed by atoms with van der Waals surface area (Å²) in [6.45, 7) is 9.57. The molecule has 0 spiro atoms. The normalized spacial score (nSPS) is 17.7. The fourth-order valence-corrected chi connectivity index (χ4v) is 3.95. The van der Waals surface area contributed by atoms with Crippen molar-refractivity contribution in [1.82, 2.24) is 10.6 Å². The quantitative estimate of drug-likeness (QED) is 0.847. The largest absolute Gasteiger partial charge is 0.356 e. The average molecular weight is 308 g/mol. The minimum Gasteiger partial charge on any atom is -0.356 e. The summed E-state index contributed by atoms with van der Waals surface area (Å²) in [6, 6.07) is 2.26. The van der Waals surface area contributed by atoms with E-state index in [1.54, 1.807) is 0 Å². The summed E-state index contributed by atoms with van der Waals surface area (Å²) in [4.78, 5) is 14.7. The Kier molecular flexibility index (Phi) is 5.82. The molecule has 2 N–H and O–H groups in total. The molecule has 0 bridgehead atoms. The van der Waals surface area contributed by atoms with Gasteiger partial charge < -0.3 is 10.6 Å². The molecule has 1 aliphatic heterocycles. The number of aryl methyl sites for hydroxylation is 3. The van der Waals surface area contributed by atoms with Crippen LogP contribution in [0.25, 0.3) is 0 Å². The van der Waals surface area contributed by atoms with Gasteiger partial charge in [0.15, 0.2) is 0 Å². The van der Waals surface area contributed by atoms with Crippen molar-refractivity contribution in [2.24, 2.45) is 5.41 Å². The van der Waals surface area contributed by atoms with E-state index >= 15 is 0 Å². The van der Waals surface area contributed by atoms with E-state index in [9.17, 15) is 4.79 Å². The Labute approximate surface area is 132 Å². The molecule has 3 nitrogen and oxygen atoms in total. The van der Waals surface area contributed by atoms with Crippen molar-refractivity contribution in [3.05, 3.63) is 21.4 Å². The van der Waals surface area contributed by atoms with E-state index in [4.69, 9.17) is 0 Å². The standard InChI is InChI=1S/C17H28N2OS/c1-13-11-15(14(2)21-13)5-4-6-16(20)19-12-17(3)7-9-18-10-8-17/h11,18H,4-10,12H2,1-3H3,(H,19,20). The predicted molar refractivity (Wildman–Crippen MR) is 90.0 cm³/mol. The first-order valence-corrected chi connectivity index (χ1v) is 8.83. The summed E-state index contributed by atoms with van der Waals surface area (Å²) in [6.07, 6.45) is 4.91. The molecule has 1 fully saturated rings. The molecule has 2 rings (SSSR count). The number of piperidine rings is 1. The number of hydrogen-bond acceptors (Lipinski definition) is 3. The second kappa shape index (κ2) is 7.41. The maximum absolute atomic E-state index is 12.0. The van der Waals surface area contributed by atoms with Gasteiger partial charge in [-0.3, -0.25) is 4.79 Å². The molecule has 0 unspecified atom stereocenters. The highest BCUT2D eigenvalue weighted by molar-refractivity contribution is 7.12. The number of carbonyl (C=O) groups is 1. The summed E-state index contributed by atoms with van der Waals surface area (Å²) in [5.74, 6) is 0.208. The average Bonchev–Trinajstić information content (AvgIpc) is 2.76. The summed E-state index contributed by atoms with van der Waals surface area (Å²) in [7, 11) is 0. The highest BCUT2D eigenvalue weighted by Gasteiger charge is 2.26. The topological polar surface area (TPSA) is 41.1 Å². The van der Waals surface area contributed by atoms with Crippen LogP contribution in [0.4, 0.5) is 0 Å². The van der Waals surface area contributed by atoms with Gasteiger partial charge >= 0.3 is 0 Å². The Balaban J connectivity index is 1.66. The molecule has 118 valence electrons. The first-order chi connectivity index (χ1) is 9.98. The Morgan fingerprint density at radius 3 is 2.71 bits per heavy atom. The van der Waals surface area contributed by atoms with Gasteiger partial charge in [-0.25, -0.2) is 0 Å². The lowest BCUT2D eigenvalue weighted by molar-refractivity contribution is -0.121. The molecule has 1 aromatic rings. The molecule has 2 heterocycles. The number of hydrogen-bond donors (Lipinski definition) is 2. The van der Waals surface area contributed by atoms with Crippen molar-refractivity contribution in [1.29, 1.82) is 0 Å². The Bertz CT molecular complexity index is 475. The van der Waals surface area contributed by atoms with Crippen LogP contribution in [0.15, 0.2) is 6.07 Å². The number of nitrogens with one attached hydrogen (secondary N) is 2. The second-order valence-electron chi connectivity index (χ2n) is 6.63. The molecule has 0 radical (unpaired) electrons. The molecule has 1 aromatic heterocycles. The molecule has 0 saturated carbocycles. The van der Waals surface area contributed by atoms with Crippen molar-refractivity contribution in [2.45, 2.75) is 52.9 Å². The van der Waals surface area contributed by atoms with Gasteiger partial charge in [0.1, 0.15) is 0 Å². The Morgan fingerprint density at radius 1 is 1.38 bits per heavy atom. The molecular formula is C17H28N2OS. The van der Waals surface area contributed by atoms with Gasteiger partial charge in [0, 0.05) is 22.7 Å². The zero-order valence-electron chi connectivity index (χ0n) is 13.6. The van der Waals surface area contributed by atoms with Crippen LogP contribution in [0.3, 0.4) is 0 Å². The highest BCUT2D eigenvalue weighted by Crippen LogP contribution is 2.26. The number of thiophene rings is 1. The van der Waals surface area contributed by atoms with E-state index in [1.165, 1.54) is 15.3 Å². The van der Waals surface area contributed by atoms with Crippen LogP contribution in [-0.2, 0) is 11.2 Å². The van der Waals surface area contributed by atoms with E-state index in [0.717, 1.165) is 45.3 Å². The van der Waals surface area contributed by atoms with E-state index in [1.807, 2.05) is 11.3 Å². The molecule has 0 atom stereocenters. The SMILES string of the molecule is Cc1cc(CCCC(=O)NCC2(C)CCNCC2)c(C)s1. The smallest absolute Gasteiger partial charge is 0.220 e. The van der Waals surface area contributed by atoms with Crippen LogP contribution in [0, 0.1) is 19.3 Å². The van der Waals surface area contributed by atoms with Gasteiger partial charge in [-0.05, 0) is 69.7 Å². The van der Waals surface area contributed by atoms with Crippen molar-refractivity contribution in [3.63, 3.8) is 0 Å². The lowest BCUT2D eigenvalue weighted by Gasteiger charge is -2.34. The summed E-state index contributed by atoms with van der Waals surface area (Å²) in [5.41, 5.74) is 1.69. The fraction of sp³-hybridized carbons (Fsp3) is 0.706. The zero-order valence-corrected chi connectivity index (χ0v) is 14.4. The predicted octanol–water partition coefficient (Wildman–Crippen LogP) is 3.19. The van der Waals surface area contributed by atoms with Gasteiger partial charge in [-0.2, -0.15) is 0 Å². The lowest BCUT2D eigenvalue weighted by Crippen LogP contribution is -2.42. The molecule has 1 aliphatic rings. The third kappa shape index (κ3) is 5.11. The minimum absolute atomic E-state index is 0.208. The van der Waals surface area contributed by atoms with Crippen LogP contribution in [0.1, 0.15) is 47.9 Å². The molecule has 21 heavy (non-hydrogen) atoms. The number of carbonyl (C=O) groups excluding carboxylic acids is 1. The maximum Gasteiger partial charge on any atom is 0.220 e. The summed E-state index contributed by atoms with van der Waals surface area (Å²) in [5, 5.41) is 6.51. The lowest BCUT2D eigenvalue weighted by atomic mass is 9.81. The van der Waals surface area contributed by atoms with Crippen LogP contribution in [-0.4, -0.2) is 25.5 Å². The van der Waals surface area contributed by atoms with E-state index < -0.39 is 0 Å². The first kappa shape index (κ1) is 16.5. The Hall–Kier alpha value is -0.870. The van der Waals surface area contributed by atoms with Gasteiger partial charge in [0.05, 0.1) is 0 Å². The second-order valence-corrected chi connectivity index (χ2v) is 8.09. The zero-order chi connectivity index (χ0) is 15.3.